The molecule has 1 N–H and O–H groups in total. The number of rotatable bonds is 5. The molecule has 3 nitrogen and oxygen atoms in total. The molecule has 0 aromatic heterocycles. The molecule has 1 aliphatic heterocycles. The molecule has 0 radical (unpaired) electrons. The summed E-state index contributed by atoms with van der Waals surface area (Å²) in [5.41, 5.74) is 0.547. The van der Waals surface area contributed by atoms with Crippen LogP contribution in [0.4, 0.5) is 4.39 Å². The topological polar surface area (TPSA) is 32.3 Å². The molecule has 1 saturated heterocycles. The number of hydrogen-bond acceptors (Lipinski definition) is 2. The Hall–Kier alpha value is -0.650. The van der Waals surface area contributed by atoms with Crippen molar-refractivity contribution in [1.29, 1.82) is 0 Å². The van der Waals surface area contributed by atoms with Gasteiger partial charge in [0.25, 0.3) is 0 Å². The quantitative estimate of drug-likeness (QED) is 0.829. The molecule has 1 aliphatic rings. The third kappa shape index (κ3) is 4.43. The van der Waals surface area contributed by atoms with E-state index in [4.69, 9.17) is 0 Å². The maximum Gasteiger partial charge on any atom is 0.226 e. The van der Waals surface area contributed by atoms with E-state index < -0.39 is 0 Å². The summed E-state index contributed by atoms with van der Waals surface area (Å²) in [5, 5.41) is 3.19. The highest BCUT2D eigenvalue weighted by Crippen LogP contribution is 2.23. The van der Waals surface area contributed by atoms with E-state index in [0.29, 0.717) is 18.0 Å². The lowest BCUT2D eigenvalue weighted by molar-refractivity contribution is -0.139. The lowest BCUT2D eigenvalue weighted by Crippen LogP contribution is -2.51. The number of nitrogens with one attached hydrogen (secondary N) is 1. The van der Waals surface area contributed by atoms with Gasteiger partial charge in [-0.3, -0.25) is 4.79 Å². The van der Waals surface area contributed by atoms with Crippen molar-refractivity contribution in [3.8, 4) is 0 Å². The summed E-state index contributed by atoms with van der Waals surface area (Å²) in [4.78, 5) is 14.5. The minimum absolute atomic E-state index is 0. The maximum atomic E-state index is 13.9. The Kier molecular flexibility index (Phi) is 7.29. The summed E-state index contributed by atoms with van der Waals surface area (Å²) < 4.78 is 14.8. The predicted octanol–water partition coefficient (Wildman–Crippen LogP) is 3.60. The van der Waals surface area contributed by atoms with Gasteiger partial charge in [0.15, 0.2) is 0 Å². The first kappa shape index (κ1) is 19.4. The van der Waals surface area contributed by atoms with Gasteiger partial charge < -0.3 is 10.2 Å². The van der Waals surface area contributed by atoms with Crippen molar-refractivity contribution in [1.82, 2.24) is 10.2 Å². The summed E-state index contributed by atoms with van der Waals surface area (Å²) in [6.07, 6.45) is 0. The molecule has 1 atom stereocenters. The number of nitrogens with zero attached hydrogens (tertiary/aromatic N) is 1. The Labute approximate surface area is 146 Å². The molecule has 0 spiro atoms. The van der Waals surface area contributed by atoms with Crippen LogP contribution in [0.3, 0.4) is 0 Å². The van der Waals surface area contributed by atoms with Crippen molar-refractivity contribution in [3.05, 3.63) is 34.1 Å². The average Bonchev–Trinajstić information content (AvgIpc) is 2.36. The fourth-order valence-corrected chi connectivity index (χ4v) is 2.90. The third-order valence-electron chi connectivity index (χ3n) is 4.16. The summed E-state index contributed by atoms with van der Waals surface area (Å²) >= 11 is 3.35. The summed E-state index contributed by atoms with van der Waals surface area (Å²) in [5.74, 6) is 0.209. The molecule has 1 fully saturated rings. The first-order valence-electron chi connectivity index (χ1n) is 7.35. The molecule has 1 unspecified atom stereocenters. The van der Waals surface area contributed by atoms with E-state index in [9.17, 15) is 9.18 Å². The van der Waals surface area contributed by atoms with Crippen LogP contribution in [-0.2, 0) is 11.3 Å². The molecule has 0 aliphatic carbocycles. The lowest BCUT2D eigenvalue weighted by atomic mass is 9.87. The molecule has 22 heavy (non-hydrogen) atoms. The smallest absolute Gasteiger partial charge is 0.226 e. The highest BCUT2D eigenvalue weighted by atomic mass is 79.9. The number of carbonyl (C=O) groups is 1. The van der Waals surface area contributed by atoms with Crippen LogP contribution in [0.15, 0.2) is 22.7 Å². The van der Waals surface area contributed by atoms with E-state index in [2.05, 4.69) is 21.2 Å². The van der Waals surface area contributed by atoms with Gasteiger partial charge in [0.1, 0.15) is 5.82 Å². The molecule has 6 heteroatoms. The van der Waals surface area contributed by atoms with E-state index in [0.717, 1.165) is 17.6 Å². The van der Waals surface area contributed by atoms with Crippen molar-refractivity contribution in [2.24, 2.45) is 11.8 Å². The second-order valence-corrected chi connectivity index (χ2v) is 6.92. The SMILES string of the molecule is CC(C(=O)N(Cc1cc(Br)ccc1F)C(C)C)C1CNC1.Cl. The van der Waals surface area contributed by atoms with Gasteiger partial charge in [-0.1, -0.05) is 22.9 Å². The standard InChI is InChI=1S/C16H22BrFN2O.ClH/c1-10(2)20(16(21)11(3)13-7-19-8-13)9-12-6-14(17)4-5-15(12)18;/h4-6,10-11,13,19H,7-9H2,1-3H3;1H. The molecule has 2 rings (SSSR count). The zero-order valence-corrected chi connectivity index (χ0v) is 15.5. The van der Waals surface area contributed by atoms with Crippen molar-refractivity contribution in [2.45, 2.75) is 33.4 Å². The maximum absolute atomic E-state index is 13.9. The minimum atomic E-state index is -0.269. The zero-order chi connectivity index (χ0) is 15.6. The molecule has 0 saturated carbocycles. The molecule has 1 amide bonds. The van der Waals surface area contributed by atoms with Crippen molar-refractivity contribution < 1.29 is 9.18 Å². The van der Waals surface area contributed by atoms with Crippen LogP contribution < -0.4 is 5.32 Å². The highest BCUT2D eigenvalue weighted by Gasteiger charge is 2.32. The van der Waals surface area contributed by atoms with Gasteiger partial charge in [0.2, 0.25) is 5.91 Å². The fourth-order valence-electron chi connectivity index (χ4n) is 2.49. The van der Waals surface area contributed by atoms with Crippen LogP contribution in [0.5, 0.6) is 0 Å². The number of amides is 1. The minimum Gasteiger partial charge on any atom is -0.336 e. The first-order chi connectivity index (χ1) is 9.90. The van der Waals surface area contributed by atoms with Gasteiger partial charge in [0, 0.05) is 28.5 Å². The van der Waals surface area contributed by atoms with Gasteiger partial charge in [-0.05, 0) is 51.1 Å². The summed E-state index contributed by atoms with van der Waals surface area (Å²) in [6, 6.07) is 4.89. The molecule has 1 heterocycles. The van der Waals surface area contributed by atoms with Gasteiger partial charge in [-0.25, -0.2) is 4.39 Å². The Morgan fingerprint density at radius 2 is 2.05 bits per heavy atom. The first-order valence-corrected chi connectivity index (χ1v) is 8.14. The number of benzene rings is 1. The Bertz CT molecular complexity index is 523. The van der Waals surface area contributed by atoms with Crippen LogP contribution in [0.1, 0.15) is 26.3 Å². The van der Waals surface area contributed by atoms with E-state index in [1.807, 2.05) is 20.8 Å². The lowest BCUT2D eigenvalue weighted by Gasteiger charge is -2.36. The van der Waals surface area contributed by atoms with E-state index in [1.54, 1.807) is 17.0 Å². The fraction of sp³-hybridized carbons (Fsp3) is 0.562. The Morgan fingerprint density at radius 1 is 1.41 bits per heavy atom. The second-order valence-electron chi connectivity index (χ2n) is 6.00. The average molecular weight is 394 g/mol. The summed E-state index contributed by atoms with van der Waals surface area (Å²) in [6.45, 7) is 8.01. The number of hydrogen-bond donors (Lipinski definition) is 1. The van der Waals surface area contributed by atoms with Crippen molar-refractivity contribution >= 4 is 34.2 Å². The number of halogens is 3. The summed E-state index contributed by atoms with van der Waals surface area (Å²) in [7, 11) is 0. The van der Waals surface area contributed by atoms with Gasteiger partial charge >= 0.3 is 0 Å². The van der Waals surface area contributed by atoms with E-state index in [-0.39, 0.29) is 36.1 Å². The van der Waals surface area contributed by atoms with Crippen LogP contribution in [0, 0.1) is 17.7 Å². The second kappa shape index (κ2) is 8.27. The Balaban J connectivity index is 0.00000242. The monoisotopic (exact) mass is 392 g/mol. The van der Waals surface area contributed by atoms with E-state index in [1.165, 1.54) is 6.07 Å². The van der Waals surface area contributed by atoms with Gasteiger partial charge in [-0.2, -0.15) is 0 Å². The van der Waals surface area contributed by atoms with Crippen LogP contribution in [0.2, 0.25) is 0 Å². The van der Waals surface area contributed by atoms with Crippen LogP contribution in [-0.4, -0.2) is 29.9 Å². The van der Waals surface area contributed by atoms with Gasteiger partial charge in [-0.15, -0.1) is 12.4 Å². The van der Waals surface area contributed by atoms with Crippen molar-refractivity contribution in [2.75, 3.05) is 13.1 Å². The number of carbonyl (C=O) groups excluding carboxylic acids is 1. The molecule has 0 bridgehead atoms. The third-order valence-corrected chi connectivity index (χ3v) is 4.66. The van der Waals surface area contributed by atoms with Crippen LogP contribution in [0.25, 0.3) is 0 Å². The molecule has 1 aromatic carbocycles. The van der Waals surface area contributed by atoms with Crippen molar-refractivity contribution in [3.63, 3.8) is 0 Å². The van der Waals surface area contributed by atoms with E-state index >= 15 is 0 Å². The predicted molar refractivity (Wildman–Crippen MR) is 92.6 cm³/mol. The Morgan fingerprint density at radius 3 is 2.55 bits per heavy atom. The largest absolute Gasteiger partial charge is 0.336 e. The molecule has 124 valence electrons. The molecular weight excluding hydrogens is 371 g/mol. The highest BCUT2D eigenvalue weighted by molar-refractivity contribution is 9.10. The molecular formula is C16H23BrClFN2O. The van der Waals surface area contributed by atoms with Crippen LogP contribution >= 0.6 is 28.3 Å². The zero-order valence-electron chi connectivity index (χ0n) is 13.1. The van der Waals surface area contributed by atoms with Gasteiger partial charge in [0.05, 0.1) is 0 Å². The molecule has 1 aromatic rings. The normalized spacial score (nSPS) is 15.9.